The molecule has 3 aromatic carbocycles. The van der Waals surface area contributed by atoms with E-state index >= 15 is 0 Å². The first-order valence-electron chi connectivity index (χ1n) is 13.3. The van der Waals surface area contributed by atoms with E-state index in [2.05, 4.69) is 15.1 Å². The third-order valence-electron chi connectivity index (χ3n) is 7.56. The highest BCUT2D eigenvalue weighted by molar-refractivity contribution is 6.06. The number of para-hydroxylation sites is 1. The second-order valence-corrected chi connectivity index (χ2v) is 9.96. The number of rotatable bonds is 7. The van der Waals surface area contributed by atoms with Gasteiger partial charge in [-0.15, -0.1) is 0 Å². The monoisotopic (exact) mass is 529 g/mol. The van der Waals surface area contributed by atoms with Crippen molar-refractivity contribution in [2.45, 2.75) is 18.8 Å². The molecule has 1 spiro atoms. The van der Waals surface area contributed by atoms with Gasteiger partial charge in [0.05, 0.1) is 30.5 Å². The Morgan fingerprint density at radius 2 is 1.64 bits per heavy atom. The molecule has 3 aromatic rings. The number of hydrogen-bond donors (Lipinski definition) is 1. The highest BCUT2D eigenvalue weighted by Crippen LogP contribution is 2.45. The van der Waals surface area contributed by atoms with Crippen LogP contribution in [0, 0.1) is 10.1 Å². The summed E-state index contributed by atoms with van der Waals surface area (Å²) in [4.78, 5) is 31.1. The molecule has 202 valence electrons. The number of hydrogen-bond acceptors (Lipinski definition) is 8. The average molecular weight is 530 g/mol. The summed E-state index contributed by atoms with van der Waals surface area (Å²) in [5.41, 5.74) is 4.14. The third kappa shape index (κ3) is 4.82. The van der Waals surface area contributed by atoms with Gasteiger partial charge in [0.1, 0.15) is 5.69 Å². The number of nitro groups is 1. The molecular weight excluding hydrogens is 498 g/mol. The van der Waals surface area contributed by atoms with Crippen molar-refractivity contribution in [1.29, 1.82) is 0 Å². The fourth-order valence-electron chi connectivity index (χ4n) is 5.50. The maximum absolute atomic E-state index is 13.6. The molecular formula is C29H31N5O5. The molecule has 0 bridgehead atoms. The van der Waals surface area contributed by atoms with Crippen molar-refractivity contribution in [3.63, 3.8) is 0 Å². The molecule has 0 radical (unpaired) electrons. The number of benzene rings is 3. The molecule has 0 unspecified atom stereocenters. The Balaban J connectivity index is 1.13. The molecule has 0 atom stereocenters. The molecule has 0 aliphatic carbocycles. The van der Waals surface area contributed by atoms with Crippen LogP contribution in [0.4, 0.5) is 22.7 Å². The summed E-state index contributed by atoms with van der Waals surface area (Å²) >= 11 is 0. The van der Waals surface area contributed by atoms with Crippen molar-refractivity contribution in [3.8, 4) is 0 Å². The van der Waals surface area contributed by atoms with Crippen LogP contribution in [0.25, 0.3) is 0 Å². The number of amides is 1. The van der Waals surface area contributed by atoms with Crippen LogP contribution in [0.3, 0.4) is 0 Å². The number of ether oxygens (including phenoxy) is 2. The first-order chi connectivity index (χ1) is 19.0. The lowest BCUT2D eigenvalue weighted by atomic mass is 10.1. The van der Waals surface area contributed by atoms with E-state index in [-0.39, 0.29) is 16.5 Å². The van der Waals surface area contributed by atoms with Gasteiger partial charge in [-0.05, 0) is 30.2 Å². The Bertz CT molecular complexity index is 1350. The van der Waals surface area contributed by atoms with E-state index in [0.29, 0.717) is 32.1 Å². The van der Waals surface area contributed by atoms with Gasteiger partial charge in [0, 0.05) is 50.0 Å². The number of anilines is 3. The Morgan fingerprint density at radius 1 is 0.923 bits per heavy atom. The van der Waals surface area contributed by atoms with Crippen LogP contribution in [0.2, 0.25) is 0 Å². The van der Waals surface area contributed by atoms with Gasteiger partial charge in [0.15, 0.2) is 0 Å². The average Bonchev–Trinajstić information content (AvgIpc) is 3.20. The molecule has 6 rings (SSSR count). The molecule has 10 nitrogen and oxygen atoms in total. The second-order valence-electron chi connectivity index (χ2n) is 9.96. The lowest BCUT2D eigenvalue weighted by Crippen LogP contribution is -2.53. The zero-order valence-electron chi connectivity index (χ0n) is 21.6. The van der Waals surface area contributed by atoms with Gasteiger partial charge in [-0.25, -0.2) is 0 Å². The molecule has 2 saturated heterocycles. The van der Waals surface area contributed by atoms with Crippen LogP contribution in [-0.4, -0.2) is 61.8 Å². The summed E-state index contributed by atoms with van der Waals surface area (Å²) in [5, 5.41) is 14.9. The summed E-state index contributed by atoms with van der Waals surface area (Å²) in [6, 6.07) is 22.7. The molecule has 1 N–H and O–H groups in total. The van der Waals surface area contributed by atoms with Gasteiger partial charge in [0.2, 0.25) is 0 Å². The largest absolute Gasteiger partial charge is 0.375 e. The maximum atomic E-state index is 13.6. The zero-order chi connectivity index (χ0) is 26.8. The number of nitrogens with one attached hydrogen (secondary N) is 1. The summed E-state index contributed by atoms with van der Waals surface area (Å²) in [7, 11) is 0. The highest BCUT2D eigenvalue weighted by Gasteiger charge is 2.55. The molecule has 0 saturated carbocycles. The Hall–Kier alpha value is -3.99. The van der Waals surface area contributed by atoms with Crippen molar-refractivity contribution in [2.24, 2.45) is 0 Å². The maximum Gasteiger partial charge on any atom is 0.293 e. The van der Waals surface area contributed by atoms with Crippen LogP contribution in [0.1, 0.15) is 17.5 Å². The Morgan fingerprint density at radius 3 is 2.38 bits per heavy atom. The van der Waals surface area contributed by atoms with Crippen molar-refractivity contribution < 1.29 is 19.2 Å². The van der Waals surface area contributed by atoms with E-state index in [0.717, 1.165) is 55.1 Å². The van der Waals surface area contributed by atoms with Crippen LogP contribution in [0.15, 0.2) is 72.8 Å². The predicted molar refractivity (Wildman–Crippen MR) is 148 cm³/mol. The van der Waals surface area contributed by atoms with Crippen molar-refractivity contribution >= 4 is 28.7 Å². The third-order valence-corrected chi connectivity index (χ3v) is 7.56. The minimum Gasteiger partial charge on any atom is -0.375 e. The quantitative estimate of drug-likeness (QED) is 0.363. The molecule has 3 aliphatic heterocycles. The van der Waals surface area contributed by atoms with E-state index in [4.69, 9.17) is 9.47 Å². The fraction of sp³-hybridized carbons (Fsp3) is 0.345. The second kappa shape index (κ2) is 10.6. The lowest BCUT2D eigenvalue weighted by Gasteiger charge is -2.38. The molecule has 1 amide bonds. The van der Waals surface area contributed by atoms with Crippen molar-refractivity contribution in [1.82, 2.24) is 4.90 Å². The van der Waals surface area contributed by atoms with Crippen LogP contribution in [0.5, 0.6) is 0 Å². The number of nitro benzene ring substituents is 1. The van der Waals surface area contributed by atoms with E-state index in [1.54, 1.807) is 11.0 Å². The van der Waals surface area contributed by atoms with Crippen molar-refractivity contribution in [2.75, 3.05) is 61.2 Å². The summed E-state index contributed by atoms with van der Waals surface area (Å²) < 4.78 is 11.9. The van der Waals surface area contributed by atoms with Crippen LogP contribution < -0.4 is 15.1 Å². The molecule has 0 aromatic heterocycles. The molecule has 39 heavy (non-hydrogen) atoms. The highest BCUT2D eigenvalue weighted by atomic mass is 16.7. The normalized spacial score (nSPS) is 18.8. The van der Waals surface area contributed by atoms with Crippen LogP contribution >= 0.6 is 0 Å². The van der Waals surface area contributed by atoms with Gasteiger partial charge in [-0.3, -0.25) is 24.7 Å². The summed E-state index contributed by atoms with van der Waals surface area (Å²) in [5.74, 6) is -1.51. The molecule has 3 aliphatic rings. The van der Waals surface area contributed by atoms with Gasteiger partial charge < -0.3 is 19.7 Å². The molecule has 10 heteroatoms. The van der Waals surface area contributed by atoms with E-state index in [1.807, 2.05) is 66.7 Å². The minimum atomic E-state index is -1.33. The fourth-order valence-corrected chi connectivity index (χ4v) is 5.50. The molecule has 2 fully saturated rings. The Labute approximate surface area is 226 Å². The van der Waals surface area contributed by atoms with Crippen LogP contribution in [-0.2, 0) is 26.6 Å². The van der Waals surface area contributed by atoms with E-state index in [1.165, 1.54) is 0 Å². The SMILES string of the molecule is O=C1N(CN2CCN(c3ccc([N+](=O)[O-])c(NCc4ccccc4)c3)CC2)c2ccccc2C12OCCCO2. The zero-order valence-corrected chi connectivity index (χ0v) is 21.6. The standard InChI is InChI=1S/C29H31N5O5/c35-28-29(38-17-6-18-39-29)24-9-4-5-10-26(24)33(28)21-31-13-15-32(16-14-31)23-11-12-27(34(36)37)25(19-23)30-20-22-7-2-1-3-8-22/h1-5,7-12,19,30H,6,13-18,20-21H2. The van der Waals surface area contributed by atoms with Gasteiger partial charge in [-0.1, -0.05) is 48.5 Å². The van der Waals surface area contributed by atoms with Gasteiger partial charge >= 0.3 is 0 Å². The van der Waals surface area contributed by atoms with Gasteiger partial charge in [-0.2, -0.15) is 0 Å². The van der Waals surface area contributed by atoms with E-state index in [9.17, 15) is 14.9 Å². The Kier molecular flexibility index (Phi) is 6.90. The predicted octanol–water partition coefficient (Wildman–Crippen LogP) is 3.92. The summed E-state index contributed by atoms with van der Waals surface area (Å²) in [6.45, 7) is 4.87. The van der Waals surface area contributed by atoms with Crippen molar-refractivity contribution in [3.05, 3.63) is 94.0 Å². The topological polar surface area (TPSA) is 100 Å². The van der Waals surface area contributed by atoms with Gasteiger partial charge in [0.25, 0.3) is 17.4 Å². The number of fused-ring (bicyclic) bond motifs is 2. The number of carbonyl (C=O) groups excluding carboxylic acids is 1. The number of piperazine rings is 1. The minimum absolute atomic E-state index is 0.0561. The summed E-state index contributed by atoms with van der Waals surface area (Å²) in [6.07, 6.45) is 0.769. The number of nitrogens with zero attached hydrogens (tertiary/aromatic N) is 4. The first kappa shape index (κ1) is 25.3. The molecule has 3 heterocycles. The number of carbonyl (C=O) groups is 1. The lowest BCUT2D eigenvalue weighted by molar-refractivity contribution is -0.384. The first-order valence-corrected chi connectivity index (χ1v) is 13.3. The van der Waals surface area contributed by atoms with E-state index < -0.39 is 5.79 Å². The smallest absolute Gasteiger partial charge is 0.293 e.